The first-order valence-corrected chi connectivity index (χ1v) is 11.8. The molecular formula is C24H25ClN2O4S. The molecule has 168 valence electrons. The molecule has 3 rings (SSSR count). The summed E-state index contributed by atoms with van der Waals surface area (Å²) in [6, 6.07) is 20.3. The van der Waals surface area contributed by atoms with Crippen LogP contribution in [0, 0.1) is 6.92 Å². The van der Waals surface area contributed by atoms with Crippen molar-refractivity contribution in [2.24, 2.45) is 0 Å². The minimum absolute atomic E-state index is 0.0873. The lowest BCUT2D eigenvalue weighted by Crippen LogP contribution is -2.31. The lowest BCUT2D eigenvalue weighted by molar-refractivity contribution is 0.0937. The highest BCUT2D eigenvalue weighted by Gasteiger charge is 2.26. The van der Waals surface area contributed by atoms with Crippen LogP contribution in [0.4, 0.5) is 5.69 Å². The predicted molar refractivity (Wildman–Crippen MR) is 127 cm³/mol. The molecule has 0 aliphatic heterocycles. The van der Waals surface area contributed by atoms with Gasteiger partial charge in [-0.05, 0) is 54.4 Å². The number of carbonyl (C=O) groups is 1. The monoisotopic (exact) mass is 472 g/mol. The summed E-state index contributed by atoms with van der Waals surface area (Å²) in [6.45, 7) is 2.76. The fourth-order valence-corrected chi connectivity index (χ4v) is 4.86. The van der Waals surface area contributed by atoms with E-state index in [0.717, 1.165) is 11.1 Å². The van der Waals surface area contributed by atoms with Gasteiger partial charge in [0.15, 0.2) is 0 Å². The van der Waals surface area contributed by atoms with Crippen LogP contribution in [0.2, 0.25) is 5.02 Å². The van der Waals surface area contributed by atoms with E-state index >= 15 is 0 Å². The molecule has 1 amide bonds. The van der Waals surface area contributed by atoms with Gasteiger partial charge in [0.2, 0.25) is 0 Å². The smallest absolute Gasteiger partial charge is 0.264 e. The van der Waals surface area contributed by atoms with E-state index in [2.05, 4.69) is 5.32 Å². The number of methoxy groups -OCH3 is 1. The normalized spacial score (nSPS) is 11.2. The Labute approximate surface area is 193 Å². The summed E-state index contributed by atoms with van der Waals surface area (Å²) in [6.07, 6.45) is 0. The number of benzene rings is 3. The third-order valence-corrected chi connectivity index (χ3v) is 6.91. The molecule has 3 aromatic rings. The molecule has 0 saturated heterocycles. The standard InChI is InChI=1S/C24H25ClN2O4S/c1-18-8-13-21(25)16-23(18)27(32(29,30)22-6-4-3-5-7-22)17-19-9-11-20(12-10-19)24(28)26-14-15-31-2/h3-13,16H,14-15,17H2,1-2H3,(H,26,28). The van der Waals surface area contributed by atoms with E-state index in [-0.39, 0.29) is 17.3 Å². The van der Waals surface area contributed by atoms with Gasteiger partial charge in [0.1, 0.15) is 0 Å². The molecule has 6 nitrogen and oxygen atoms in total. The van der Waals surface area contributed by atoms with Crippen LogP contribution in [0.15, 0.2) is 77.7 Å². The van der Waals surface area contributed by atoms with Gasteiger partial charge in [-0.25, -0.2) is 8.42 Å². The topological polar surface area (TPSA) is 75.7 Å². The highest BCUT2D eigenvalue weighted by molar-refractivity contribution is 7.92. The van der Waals surface area contributed by atoms with Crippen molar-refractivity contribution in [2.75, 3.05) is 24.6 Å². The zero-order valence-corrected chi connectivity index (χ0v) is 19.5. The first-order valence-electron chi connectivity index (χ1n) is 10.0. The second-order valence-electron chi connectivity index (χ2n) is 7.20. The molecule has 0 radical (unpaired) electrons. The van der Waals surface area contributed by atoms with Crippen LogP contribution in [0.1, 0.15) is 21.5 Å². The Kier molecular flexibility index (Phi) is 7.90. The quantitative estimate of drug-likeness (QED) is 0.468. The number of rotatable bonds is 9. The molecule has 3 aromatic carbocycles. The summed E-state index contributed by atoms with van der Waals surface area (Å²) in [4.78, 5) is 12.4. The average Bonchev–Trinajstić information content (AvgIpc) is 2.80. The number of carbonyl (C=O) groups excluding carboxylic acids is 1. The Morgan fingerprint density at radius 2 is 1.72 bits per heavy atom. The molecule has 0 spiro atoms. The largest absolute Gasteiger partial charge is 0.383 e. The van der Waals surface area contributed by atoms with Crippen LogP contribution in [0.5, 0.6) is 0 Å². The summed E-state index contributed by atoms with van der Waals surface area (Å²) in [7, 11) is -2.28. The summed E-state index contributed by atoms with van der Waals surface area (Å²) in [5.41, 5.74) is 2.50. The van der Waals surface area contributed by atoms with Gasteiger partial charge in [0.25, 0.3) is 15.9 Å². The Morgan fingerprint density at radius 1 is 1.03 bits per heavy atom. The van der Waals surface area contributed by atoms with Crippen LogP contribution in [0.3, 0.4) is 0 Å². The SMILES string of the molecule is COCCNC(=O)c1ccc(CN(c2cc(Cl)ccc2C)S(=O)(=O)c2ccccc2)cc1. The molecular weight excluding hydrogens is 448 g/mol. The van der Waals surface area contributed by atoms with E-state index in [4.69, 9.17) is 16.3 Å². The van der Waals surface area contributed by atoms with Gasteiger partial charge in [-0.2, -0.15) is 0 Å². The molecule has 32 heavy (non-hydrogen) atoms. The highest BCUT2D eigenvalue weighted by Crippen LogP contribution is 2.31. The van der Waals surface area contributed by atoms with Crippen molar-refractivity contribution < 1.29 is 17.9 Å². The molecule has 1 N–H and O–H groups in total. The lowest BCUT2D eigenvalue weighted by atomic mass is 10.1. The van der Waals surface area contributed by atoms with E-state index < -0.39 is 10.0 Å². The van der Waals surface area contributed by atoms with Crippen LogP contribution >= 0.6 is 11.6 Å². The molecule has 8 heteroatoms. The lowest BCUT2D eigenvalue weighted by Gasteiger charge is -2.26. The number of amides is 1. The number of hydrogen-bond donors (Lipinski definition) is 1. The Morgan fingerprint density at radius 3 is 2.38 bits per heavy atom. The molecule has 0 heterocycles. The van der Waals surface area contributed by atoms with Gasteiger partial charge in [0.05, 0.1) is 23.7 Å². The number of anilines is 1. The van der Waals surface area contributed by atoms with Crippen molar-refractivity contribution in [3.05, 3.63) is 94.5 Å². The minimum Gasteiger partial charge on any atom is -0.383 e. The first-order chi connectivity index (χ1) is 15.3. The molecule has 0 saturated carbocycles. The second-order valence-corrected chi connectivity index (χ2v) is 9.50. The van der Waals surface area contributed by atoms with Crippen LogP contribution in [-0.2, 0) is 21.3 Å². The van der Waals surface area contributed by atoms with Gasteiger partial charge in [-0.15, -0.1) is 0 Å². The third kappa shape index (κ3) is 5.68. The second kappa shape index (κ2) is 10.6. The van der Waals surface area contributed by atoms with Crippen molar-refractivity contribution in [1.82, 2.24) is 5.32 Å². The van der Waals surface area contributed by atoms with Crippen LogP contribution in [0.25, 0.3) is 0 Å². The number of nitrogens with zero attached hydrogens (tertiary/aromatic N) is 1. The number of sulfonamides is 1. The molecule has 0 aliphatic rings. The number of hydrogen-bond acceptors (Lipinski definition) is 4. The third-order valence-electron chi connectivity index (χ3n) is 4.91. The molecule has 0 aliphatic carbocycles. The summed E-state index contributed by atoms with van der Waals surface area (Å²) < 4.78 is 33.3. The molecule has 0 bridgehead atoms. The Bertz CT molecular complexity index is 1170. The molecule has 0 atom stereocenters. The summed E-state index contributed by atoms with van der Waals surface area (Å²) in [5.74, 6) is -0.215. The Hall–Kier alpha value is -2.87. The van der Waals surface area contributed by atoms with Gasteiger partial charge in [0, 0.05) is 24.2 Å². The zero-order valence-electron chi connectivity index (χ0n) is 17.9. The Balaban J connectivity index is 1.93. The predicted octanol–water partition coefficient (Wildman–Crippen LogP) is 4.42. The fraction of sp³-hybridized carbons (Fsp3) is 0.208. The van der Waals surface area contributed by atoms with E-state index in [1.54, 1.807) is 79.9 Å². The van der Waals surface area contributed by atoms with Gasteiger partial charge < -0.3 is 10.1 Å². The summed E-state index contributed by atoms with van der Waals surface area (Å²) in [5, 5.41) is 3.21. The van der Waals surface area contributed by atoms with Crippen molar-refractivity contribution in [2.45, 2.75) is 18.4 Å². The summed E-state index contributed by atoms with van der Waals surface area (Å²) >= 11 is 6.19. The van der Waals surface area contributed by atoms with Gasteiger partial charge >= 0.3 is 0 Å². The van der Waals surface area contributed by atoms with Crippen molar-refractivity contribution >= 4 is 33.2 Å². The number of halogens is 1. The minimum atomic E-state index is -3.85. The number of aryl methyl sites for hydroxylation is 1. The fourth-order valence-electron chi connectivity index (χ4n) is 3.17. The van der Waals surface area contributed by atoms with Crippen LogP contribution < -0.4 is 9.62 Å². The van der Waals surface area contributed by atoms with E-state index in [0.29, 0.717) is 29.4 Å². The first kappa shape index (κ1) is 23.8. The number of ether oxygens (including phenoxy) is 1. The van der Waals surface area contributed by atoms with Gasteiger partial charge in [-0.1, -0.05) is 48.0 Å². The van der Waals surface area contributed by atoms with E-state index in [9.17, 15) is 13.2 Å². The molecule has 0 unspecified atom stereocenters. The molecule has 0 aromatic heterocycles. The zero-order chi connectivity index (χ0) is 23.1. The van der Waals surface area contributed by atoms with Crippen LogP contribution in [-0.4, -0.2) is 34.6 Å². The highest BCUT2D eigenvalue weighted by atomic mass is 35.5. The van der Waals surface area contributed by atoms with Gasteiger partial charge in [-0.3, -0.25) is 9.10 Å². The number of nitrogens with one attached hydrogen (secondary N) is 1. The van der Waals surface area contributed by atoms with Crippen molar-refractivity contribution in [1.29, 1.82) is 0 Å². The van der Waals surface area contributed by atoms with Crippen molar-refractivity contribution in [3.63, 3.8) is 0 Å². The maximum atomic E-state index is 13.5. The molecule has 0 fully saturated rings. The van der Waals surface area contributed by atoms with E-state index in [1.807, 2.05) is 6.92 Å². The maximum absolute atomic E-state index is 13.5. The van der Waals surface area contributed by atoms with E-state index in [1.165, 1.54) is 4.31 Å². The maximum Gasteiger partial charge on any atom is 0.264 e. The average molecular weight is 473 g/mol. The van der Waals surface area contributed by atoms with Crippen molar-refractivity contribution in [3.8, 4) is 0 Å².